The van der Waals surface area contributed by atoms with Crippen molar-refractivity contribution in [2.45, 2.75) is 115 Å². The number of halogens is 1. The highest BCUT2D eigenvalue weighted by Gasteiger charge is 2.71. The van der Waals surface area contributed by atoms with Gasteiger partial charge in [0.2, 0.25) is 0 Å². The topological polar surface area (TPSA) is 65.0 Å². The molecule has 0 aromatic heterocycles. The van der Waals surface area contributed by atoms with Crippen LogP contribution in [0.3, 0.4) is 0 Å². The molecule has 2 saturated heterocycles. The second-order valence-electron chi connectivity index (χ2n) is 13.8. The summed E-state index contributed by atoms with van der Waals surface area (Å²) in [6, 6.07) is 0. The first-order valence-corrected chi connectivity index (χ1v) is 14.8. The van der Waals surface area contributed by atoms with E-state index < -0.39 is 11.9 Å². The minimum absolute atomic E-state index is 0.114. The molecule has 6 rings (SSSR count). The van der Waals surface area contributed by atoms with Crippen LogP contribution >= 0.6 is 11.6 Å². The summed E-state index contributed by atoms with van der Waals surface area (Å²) in [7, 11) is 0. The van der Waals surface area contributed by atoms with Crippen molar-refractivity contribution >= 4 is 17.6 Å². The van der Waals surface area contributed by atoms with Crippen LogP contribution in [-0.2, 0) is 19.0 Å². The lowest BCUT2D eigenvalue weighted by atomic mass is 9.44. The number of aliphatic hydroxyl groups excluding tert-OH is 1. The van der Waals surface area contributed by atoms with E-state index in [0.29, 0.717) is 29.8 Å². The maximum atomic E-state index is 11.6. The number of aliphatic hydroxyl groups is 1. The van der Waals surface area contributed by atoms with Gasteiger partial charge in [-0.25, -0.2) is 0 Å². The quantitative estimate of drug-likeness (QED) is 0.371. The third-order valence-electron chi connectivity index (χ3n) is 12.4. The summed E-state index contributed by atoms with van der Waals surface area (Å²) in [5.74, 6) is 2.43. The van der Waals surface area contributed by atoms with Crippen molar-refractivity contribution in [3.63, 3.8) is 0 Å². The molecule has 0 unspecified atom stereocenters. The lowest BCUT2D eigenvalue weighted by molar-refractivity contribution is -0.314. The fourth-order valence-electron chi connectivity index (χ4n) is 10.7. The lowest BCUT2D eigenvalue weighted by Gasteiger charge is -2.61. The highest BCUT2D eigenvalue weighted by atomic mass is 35.5. The zero-order valence-corrected chi connectivity index (χ0v) is 22.9. The van der Waals surface area contributed by atoms with E-state index in [1.807, 2.05) is 6.92 Å². The number of carbonyl (C=O) groups is 1. The molecule has 198 valence electrons. The number of alkyl halides is 1. The van der Waals surface area contributed by atoms with Crippen LogP contribution in [0, 0.1) is 52.3 Å². The third-order valence-corrected chi connectivity index (χ3v) is 13.0. The van der Waals surface area contributed by atoms with Crippen molar-refractivity contribution in [2.24, 2.45) is 52.3 Å². The van der Waals surface area contributed by atoms with Gasteiger partial charge in [-0.1, -0.05) is 27.7 Å². The van der Waals surface area contributed by atoms with Crippen LogP contribution in [0.25, 0.3) is 0 Å². The van der Waals surface area contributed by atoms with Crippen molar-refractivity contribution in [1.82, 2.24) is 0 Å². The average molecular weight is 509 g/mol. The normalized spacial score (nSPS) is 59.3. The molecule has 5 nitrogen and oxygen atoms in total. The first kappa shape index (κ1) is 24.9. The Bertz CT molecular complexity index is 866. The van der Waals surface area contributed by atoms with Gasteiger partial charge >= 0.3 is 5.97 Å². The molecule has 0 bridgehead atoms. The summed E-state index contributed by atoms with van der Waals surface area (Å²) in [4.78, 5) is 11.6. The second kappa shape index (κ2) is 8.32. The Balaban J connectivity index is 1.22. The molecule has 1 N–H and O–H groups in total. The van der Waals surface area contributed by atoms with E-state index in [2.05, 4.69) is 20.8 Å². The predicted octanol–water partition coefficient (Wildman–Crippen LogP) is 5.55. The third kappa shape index (κ3) is 3.39. The maximum absolute atomic E-state index is 11.6. The molecule has 0 radical (unpaired) electrons. The first-order valence-electron chi connectivity index (χ1n) is 14.3. The molecule has 6 fully saturated rings. The van der Waals surface area contributed by atoms with Gasteiger partial charge in [-0.2, -0.15) is 0 Å². The minimum Gasteiger partial charge on any atom is -0.463 e. The SMILES string of the molecule is CC(=O)O[C@H]1CC[C@@]2(C)[C@@H](CC[C@@H]3[C@@H]2CC[C@]2(C)[C@@H]4[C@H](C[C@@H]32)O[C@]2(OC[C@H](C)[C@H](Cl)[C@H]2O)[C@H]4C)C1. The summed E-state index contributed by atoms with van der Waals surface area (Å²) in [5.41, 5.74) is 0.581. The molecule has 14 atom stereocenters. The highest BCUT2D eigenvalue weighted by Crippen LogP contribution is 2.71. The number of esters is 1. The van der Waals surface area contributed by atoms with Crippen LogP contribution in [-0.4, -0.2) is 47.2 Å². The van der Waals surface area contributed by atoms with Crippen LogP contribution < -0.4 is 0 Å². The van der Waals surface area contributed by atoms with Gasteiger partial charge in [0.05, 0.1) is 18.1 Å². The average Bonchev–Trinajstić information content (AvgIpc) is 3.26. The molecule has 4 aliphatic carbocycles. The molecule has 6 heteroatoms. The molecule has 0 amide bonds. The zero-order chi connectivity index (χ0) is 24.9. The van der Waals surface area contributed by atoms with Crippen LogP contribution in [0.4, 0.5) is 0 Å². The van der Waals surface area contributed by atoms with E-state index in [-0.39, 0.29) is 40.8 Å². The van der Waals surface area contributed by atoms with Gasteiger partial charge in [-0.05, 0) is 97.7 Å². The predicted molar refractivity (Wildman–Crippen MR) is 134 cm³/mol. The monoisotopic (exact) mass is 508 g/mol. The first-order chi connectivity index (χ1) is 16.5. The number of carbonyl (C=O) groups excluding carboxylic acids is 1. The number of hydrogen-bond donors (Lipinski definition) is 1. The van der Waals surface area contributed by atoms with Crippen LogP contribution in [0.5, 0.6) is 0 Å². The molecule has 2 heterocycles. The van der Waals surface area contributed by atoms with Crippen molar-refractivity contribution in [3.05, 3.63) is 0 Å². The Morgan fingerprint density at radius 1 is 1.03 bits per heavy atom. The van der Waals surface area contributed by atoms with E-state index >= 15 is 0 Å². The van der Waals surface area contributed by atoms with E-state index in [4.69, 9.17) is 25.8 Å². The molecule has 35 heavy (non-hydrogen) atoms. The Morgan fingerprint density at radius 3 is 2.51 bits per heavy atom. The van der Waals surface area contributed by atoms with Crippen LogP contribution in [0.15, 0.2) is 0 Å². The van der Waals surface area contributed by atoms with Gasteiger partial charge < -0.3 is 19.3 Å². The van der Waals surface area contributed by atoms with E-state index in [1.165, 1.54) is 32.1 Å². The van der Waals surface area contributed by atoms with Gasteiger partial charge in [-0.15, -0.1) is 11.6 Å². The Labute approximate surface area is 216 Å². The summed E-state index contributed by atoms with van der Waals surface area (Å²) in [5, 5.41) is 10.9. The molecular weight excluding hydrogens is 464 g/mol. The summed E-state index contributed by atoms with van der Waals surface area (Å²) in [6.07, 6.45) is 8.86. The minimum atomic E-state index is -0.947. The zero-order valence-electron chi connectivity index (χ0n) is 22.2. The van der Waals surface area contributed by atoms with Crippen LogP contribution in [0.2, 0.25) is 0 Å². The van der Waals surface area contributed by atoms with E-state index in [0.717, 1.165) is 31.1 Å². The second-order valence-corrected chi connectivity index (χ2v) is 14.3. The van der Waals surface area contributed by atoms with Crippen molar-refractivity contribution < 1.29 is 24.1 Å². The van der Waals surface area contributed by atoms with Gasteiger partial charge in [0.1, 0.15) is 12.2 Å². The fraction of sp³-hybridized carbons (Fsp3) is 0.966. The molecule has 1 spiro atoms. The molecule has 6 aliphatic rings. The van der Waals surface area contributed by atoms with Gasteiger partial charge in [-0.3, -0.25) is 4.79 Å². The number of fused-ring (bicyclic) bond motifs is 7. The summed E-state index contributed by atoms with van der Waals surface area (Å²) < 4.78 is 18.8. The molecule has 4 saturated carbocycles. The smallest absolute Gasteiger partial charge is 0.302 e. The largest absolute Gasteiger partial charge is 0.463 e. The van der Waals surface area contributed by atoms with E-state index in [1.54, 1.807) is 6.92 Å². The highest BCUT2D eigenvalue weighted by molar-refractivity contribution is 6.21. The summed E-state index contributed by atoms with van der Waals surface area (Å²) in [6.45, 7) is 11.5. The van der Waals surface area contributed by atoms with Crippen molar-refractivity contribution in [3.8, 4) is 0 Å². The summed E-state index contributed by atoms with van der Waals surface area (Å²) >= 11 is 6.65. The van der Waals surface area contributed by atoms with Crippen molar-refractivity contribution in [2.75, 3.05) is 6.61 Å². The molecule has 2 aliphatic heterocycles. The Morgan fingerprint density at radius 2 is 1.77 bits per heavy atom. The maximum Gasteiger partial charge on any atom is 0.302 e. The number of ether oxygens (including phenoxy) is 3. The molecule has 0 aromatic rings. The number of hydrogen-bond acceptors (Lipinski definition) is 5. The van der Waals surface area contributed by atoms with Gasteiger partial charge in [0.25, 0.3) is 0 Å². The van der Waals surface area contributed by atoms with Gasteiger partial charge in [0.15, 0.2) is 5.79 Å². The van der Waals surface area contributed by atoms with E-state index in [9.17, 15) is 9.90 Å². The molecular formula is C29H45ClO5. The van der Waals surface area contributed by atoms with Crippen molar-refractivity contribution in [1.29, 1.82) is 0 Å². The Hall–Kier alpha value is -0.360. The fourth-order valence-corrected chi connectivity index (χ4v) is 10.9. The number of rotatable bonds is 1. The lowest BCUT2D eigenvalue weighted by Crippen LogP contribution is -2.61. The van der Waals surface area contributed by atoms with Gasteiger partial charge in [0, 0.05) is 12.8 Å². The standard InChI is InChI=1S/C29H45ClO5/c1-15-14-33-29(26(32)25(15)30)16(2)24-23(35-29)13-22-20-7-6-18-12-19(34-17(3)31)8-10-27(18,4)21(20)9-11-28(22,24)5/h15-16,18-26,32H,6-14H2,1-5H3/t15-,16-,18-,19-,20+,21-,22-,23-,24-,25-,26+,27-,28-,29+/m0/s1. The van der Waals surface area contributed by atoms with Crippen LogP contribution in [0.1, 0.15) is 86.0 Å². The molecule has 0 aromatic carbocycles. The Kier molecular flexibility index (Phi) is 5.93.